The topological polar surface area (TPSA) is 133 Å². The van der Waals surface area contributed by atoms with Crippen molar-refractivity contribution in [2.45, 2.75) is 59.2 Å². The minimum atomic E-state index is -4.12. The van der Waals surface area contributed by atoms with Crippen LogP contribution in [0, 0.1) is 13.8 Å². The highest BCUT2D eigenvalue weighted by atomic mass is 79.9. The molecule has 3 aromatic carbocycles. The number of phenols is 1. The van der Waals surface area contributed by atoms with Crippen molar-refractivity contribution in [2.75, 3.05) is 25.2 Å². The molecule has 4 aromatic rings. The molecule has 1 aliphatic rings. The Morgan fingerprint density at radius 1 is 1.11 bits per heavy atom. The summed E-state index contributed by atoms with van der Waals surface area (Å²) in [6.07, 6.45) is 0.0867. The molecule has 1 aromatic heterocycles. The number of carbonyl (C=O) groups excluding carboxylic acids is 1. The fourth-order valence-electron chi connectivity index (χ4n) is 5.82. The third kappa shape index (κ3) is 7.01. The van der Waals surface area contributed by atoms with Crippen LogP contribution in [0.1, 0.15) is 65.6 Å². The third-order valence-electron chi connectivity index (χ3n) is 8.14. The maximum absolute atomic E-state index is 13.2. The van der Waals surface area contributed by atoms with Gasteiger partial charge in [-0.3, -0.25) is 4.79 Å². The van der Waals surface area contributed by atoms with Gasteiger partial charge in [-0.15, -0.1) is 5.10 Å². The van der Waals surface area contributed by atoms with Gasteiger partial charge in [0, 0.05) is 23.4 Å². The Labute approximate surface area is 271 Å². The van der Waals surface area contributed by atoms with Crippen LogP contribution in [-0.2, 0) is 37.7 Å². The first-order chi connectivity index (χ1) is 21.5. The Morgan fingerprint density at radius 3 is 2.67 bits per heavy atom. The molecular formula is C32H37BrN4O7S. The van der Waals surface area contributed by atoms with E-state index < -0.39 is 16.3 Å². The predicted molar refractivity (Wildman–Crippen MR) is 173 cm³/mol. The standard InChI is InChI=1S/C32H37BrN4O7S/c1-5-43-31(39)18-28(26-9-10-29-32(21(26)3)34-35-36(29)13-15-42-14-12-33)23-7-6-20(2)27(17-23)22(4)37-19-24-16-25(38)8-11-30(24)44-45(37,40)41/h6-11,16-17,22,28,38H,5,12-15,18-19H2,1-4H3/t22-,28?/m1/s1. The average molecular weight is 702 g/mol. The lowest BCUT2D eigenvalue weighted by Gasteiger charge is -2.33. The fraction of sp³-hybridized carbons (Fsp3) is 0.406. The zero-order valence-electron chi connectivity index (χ0n) is 25.7. The van der Waals surface area contributed by atoms with Crippen molar-refractivity contribution in [3.05, 3.63) is 81.9 Å². The van der Waals surface area contributed by atoms with E-state index in [0.717, 1.165) is 44.2 Å². The van der Waals surface area contributed by atoms with Crippen LogP contribution in [-0.4, -0.2) is 63.9 Å². The molecule has 2 heterocycles. The van der Waals surface area contributed by atoms with Crippen molar-refractivity contribution >= 4 is 43.2 Å². The Kier molecular flexibility index (Phi) is 10.1. The number of hydrogen-bond acceptors (Lipinski definition) is 9. The molecule has 45 heavy (non-hydrogen) atoms. The van der Waals surface area contributed by atoms with Crippen molar-refractivity contribution in [1.29, 1.82) is 0 Å². The van der Waals surface area contributed by atoms with E-state index in [1.54, 1.807) is 13.8 Å². The quantitative estimate of drug-likeness (QED) is 0.116. The molecule has 0 radical (unpaired) electrons. The maximum Gasteiger partial charge on any atom is 0.386 e. The minimum Gasteiger partial charge on any atom is -0.508 e. The lowest BCUT2D eigenvalue weighted by Crippen LogP contribution is -2.39. The zero-order chi connectivity index (χ0) is 32.3. The number of rotatable bonds is 12. The van der Waals surface area contributed by atoms with Crippen LogP contribution in [0.15, 0.2) is 48.5 Å². The van der Waals surface area contributed by atoms with E-state index in [4.69, 9.17) is 13.7 Å². The lowest BCUT2D eigenvalue weighted by molar-refractivity contribution is -0.143. The van der Waals surface area contributed by atoms with Crippen molar-refractivity contribution in [3.8, 4) is 11.5 Å². The van der Waals surface area contributed by atoms with Crippen LogP contribution in [0.4, 0.5) is 0 Å². The van der Waals surface area contributed by atoms with Gasteiger partial charge in [0.25, 0.3) is 0 Å². The number of benzene rings is 3. The molecule has 13 heteroatoms. The minimum absolute atomic E-state index is 0.0274. The molecule has 1 aliphatic heterocycles. The highest BCUT2D eigenvalue weighted by Gasteiger charge is 2.37. The Hall–Kier alpha value is -3.52. The normalized spacial score (nSPS) is 15.8. The van der Waals surface area contributed by atoms with Gasteiger partial charge in [0.2, 0.25) is 0 Å². The highest BCUT2D eigenvalue weighted by Crippen LogP contribution is 2.39. The van der Waals surface area contributed by atoms with Crippen molar-refractivity contribution in [1.82, 2.24) is 19.3 Å². The number of nitrogens with zero attached hydrogens (tertiary/aromatic N) is 4. The SMILES string of the molecule is CCOC(=O)CC(c1ccc(C)c([C@@H](C)N2Cc3cc(O)ccc3OS2(=O)=O)c1)c1ccc2c(nnn2CCOCCBr)c1C. The van der Waals surface area contributed by atoms with Crippen LogP contribution < -0.4 is 4.18 Å². The number of fused-ring (bicyclic) bond motifs is 2. The first-order valence-corrected chi connectivity index (χ1v) is 17.3. The number of hydrogen-bond donors (Lipinski definition) is 1. The summed E-state index contributed by atoms with van der Waals surface area (Å²) in [6, 6.07) is 13.6. The number of carbonyl (C=O) groups is 1. The molecule has 0 aliphatic carbocycles. The van der Waals surface area contributed by atoms with E-state index in [2.05, 4.69) is 26.2 Å². The smallest absolute Gasteiger partial charge is 0.386 e. The molecular weight excluding hydrogens is 664 g/mol. The lowest BCUT2D eigenvalue weighted by atomic mass is 9.83. The van der Waals surface area contributed by atoms with Crippen LogP contribution in [0.5, 0.6) is 11.5 Å². The summed E-state index contributed by atoms with van der Waals surface area (Å²) in [5.74, 6) is -0.502. The molecule has 5 rings (SSSR count). The monoisotopic (exact) mass is 700 g/mol. The highest BCUT2D eigenvalue weighted by molar-refractivity contribution is 9.09. The number of alkyl halides is 1. The summed E-state index contributed by atoms with van der Waals surface area (Å²) in [5, 5.41) is 19.6. The van der Waals surface area contributed by atoms with Gasteiger partial charge in [-0.05, 0) is 79.8 Å². The molecule has 240 valence electrons. The first-order valence-electron chi connectivity index (χ1n) is 14.8. The van der Waals surface area contributed by atoms with Crippen molar-refractivity contribution in [3.63, 3.8) is 0 Å². The molecule has 0 spiro atoms. The third-order valence-corrected chi connectivity index (χ3v) is 9.88. The zero-order valence-corrected chi connectivity index (χ0v) is 28.1. The largest absolute Gasteiger partial charge is 0.508 e. The second-order valence-corrected chi connectivity index (χ2v) is 13.3. The van der Waals surface area contributed by atoms with Gasteiger partial charge < -0.3 is 18.8 Å². The van der Waals surface area contributed by atoms with Gasteiger partial charge >= 0.3 is 16.3 Å². The summed E-state index contributed by atoms with van der Waals surface area (Å²) < 4.78 is 45.9. The van der Waals surface area contributed by atoms with E-state index in [-0.39, 0.29) is 43.0 Å². The van der Waals surface area contributed by atoms with E-state index in [0.29, 0.717) is 25.3 Å². The van der Waals surface area contributed by atoms with Gasteiger partial charge in [0.05, 0.1) is 44.3 Å². The second kappa shape index (κ2) is 13.9. The van der Waals surface area contributed by atoms with E-state index in [1.165, 1.54) is 22.5 Å². The molecule has 0 saturated carbocycles. The molecule has 2 atom stereocenters. The number of aromatic hydroxyl groups is 1. The predicted octanol–water partition coefficient (Wildman–Crippen LogP) is 5.45. The summed E-state index contributed by atoms with van der Waals surface area (Å²) in [5.41, 5.74) is 6.46. The molecule has 0 fully saturated rings. The van der Waals surface area contributed by atoms with Crippen LogP contribution >= 0.6 is 15.9 Å². The summed E-state index contributed by atoms with van der Waals surface area (Å²) >= 11 is 3.36. The van der Waals surface area contributed by atoms with Crippen LogP contribution in [0.2, 0.25) is 0 Å². The molecule has 0 amide bonds. The Balaban J connectivity index is 1.52. The summed E-state index contributed by atoms with van der Waals surface area (Å²) in [4.78, 5) is 12.9. The number of esters is 1. The van der Waals surface area contributed by atoms with Gasteiger partial charge in [-0.2, -0.15) is 12.7 Å². The van der Waals surface area contributed by atoms with Gasteiger partial charge in [0.15, 0.2) is 0 Å². The molecule has 1 N–H and O–H groups in total. The summed E-state index contributed by atoms with van der Waals surface area (Å²) in [7, 11) is -4.12. The number of aryl methyl sites for hydroxylation is 2. The number of aromatic nitrogens is 3. The van der Waals surface area contributed by atoms with E-state index >= 15 is 0 Å². The maximum atomic E-state index is 13.2. The first kappa shape index (κ1) is 32.9. The second-order valence-electron chi connectivity index (χ2n) is 11.0. The summed E-state index contributed by atoms with van der Waals surface area (Å²) in [6.45, 7) is 9.43. The molecule has 11 nitrogen and oxygen atoms in total. The molecule has 1 unspecified atom stereocenters. The van der Waals surface area contributed by atoms with Gasteiger partial charge in [-0.25, -0.2) is 4.68 Å². The average Bonchev–Trinajstić information content (AvgIpc) is 3.42. The molecule has 0 bridgehead atoms. The van der Waals surface area contributed by atoms with Crippen molar-refractivity contribution in [2.24, 2.45) is 0 Å². The van der Waals surface area contributed by atoms with Crippen LogP contribution in [0.25, 0.3) is 11.0 Å². The van der Waals surface area contributed by atoms with Gasteiger partial charge in [0.1, 0.15) is 17.0 Å². The Morgan fingerprint density at radius 2 is 1.91 bits per heavy atom. The molecule has 0 saturated heterocycles. The van der Waals surface area contributed by atoms with Gasteiger partial charge in [-0.1, -0.05) is 45.4 Å². The number of halogens is 1. The number of ether oxygens (including phenoxy) is 2. The fourth-order valence-corrected chi connectivity index (χ4v) is 7.33. The van der Waals surface area contributed by atoms with Crippen molar-refractivity contribution < 1.29 is 32.0 Å². The van der Waals surface area contributed by atoms with E-state index in [9.17, 15) is 18.3 Å². The van der Waals surface area contributed by atoms with E-state index in [1.807, 2.05) is 48.9 Å². The Bertz CT molecular complexity index is 1810. The van der Waals surface area contributed by atoms with Crippen LogP contribution in [0.3, 0.4) is 0 Å². The number of phenolic OH excluding ortho intramolecular Hbond substituents is 1.